The van der Waals surface area contributed by atoms with E-state index in [1.807, 2.05) is 55.5 Å². The summed E-state index contributed by atoms with van der Waals surface area (Å²) >= 11 is 3.12. The average molecular weight is 356 g/mol. The summed E-state index contributed by atoms with van der Waals surface area (Å²) in [6, 6.07) is 15.7. The van der Waals surface area contributed by atoms with E-state index in [-0.39, 0.29) is 5.91 Å². The van der Waals surface area contributed by atoms with Crippen molar-refractivity contribution < 1.29 is 9.53 Å². The third-order valence-corrected chi connectivity index (χ3v) is 5.05. The standard InChI is InChI=1S/C18H16N2O2S2/c1-12-19-17(11-23-12)18(21)20-13-3-7-15(8-4-13)24-16-9-5-14(22-2)6-10-16/h3-11H,1-2H3,(H,20,21). The Labute approximate surface area is 148 Å². The number of nitrogens with zero attached hydrogens (tertiary/aromatic N) is 1. The molecule has 1 N–H and O–H groups in total. The predicted molar refractivity (Wildman–Crippen MR) is 98.4 cm³/mol. The van der Waals surface area contributed by atoms with E-state index in [9.17, 15) is 4.79 Å². The van der Waals surface area contributed by atoms with Gasteiger partial charge < -0.3 is 10.1 Å². The van der Waals surface area contributed by atoms with Gasteiger partial charge in [0.25, 0.3) is 5.91 Å². The van der Waals surface area contributed by atoms with Crippen molar-refractivity contribution in [3.05, 3.63) is 64.6 Å². The summed E-state index contributed by atoms with van der Waals surface area (Å²) in [5, 5.41) is 5.50. The average Bonchev–Trinajstić information content (AvgIpc) is 3.04. The Morgan fingerprint density at radius 3 is 2.25 bits per heavy atom. The van der Waals surface area contributed by atoms with E-state index >= 15 is 0 Å². The van der Waals surface area contributed by atoms with Gasteiger partial charge >= 0.3 is 0 Å². The predicted octanol–water partition coefficient (Wildman–Crippen LogP) is 4.86. The fraction of sp³-hybridized carbons (Fsp3) is 0.111. The second-order valence-corrected chi connectivity index (χ2v) is 7.22. The molecule has 0 bridgehead atoms. The van der Waals surface area contributed by atoms with Crippen molar-refractivity contribution >= 4 is 34.7 Å². The second-order valence-electron chi connectivity index (χ2n) is 5.01. The molecule has 0 radical (unpaired) electrons. The first-order chi connectivity index (χ1) is 11.6. The second kappa shape index (κ2) is 7.51. The molecular formula is C18H16N2O2S2. The van der Waals surface area contributed by atoms with Crippen molar-refractivity contribution in [2.75, 3.05) is 12.4 Å². The topological polar surface area (TPSA) is 51.2 Å². The molecule has 4 nitrogen and oxygen atoms in total. The molecule has 0 unspecified atom stereocenters. The van der Waals surface area contributed by atoms with Crippen molar-refractivity contribution in [2.45, 2.75) is 16.7 Å². The number of amides is 1. The number of aromatic nitrogens is 1. The van der Waals surface area contributed by atoms with Crippen molar-refractivity contribution in [3.8, 4) is 5.75 Å². The number of hydrogen-bond donors (Lipinski definition) is 1. The Morgan fingerprint density at radius 2 is 1.71 bits per heavy atom. The van der Waals surface area contributed by atoms with Gasteiger partial charge in [0.05, 0.1) is 12.1 Å². The molecule has 3 rings (SSSR count). The lowest BCUT2D eigenvalue weighted by Crippen LogP contribution is -2.12. The highest BCUT2D eigenvalue weighted by Gasteiger charge is 2.09. The zero-order chi connectivity index (χ0) is 16.9. The van der Waals surface area contributed by atoms with Crippen molar-refractivity contribution in [2.24, 2.45) is 0 Å². The molecule has 0 fully saturated rings. The molecule has 6 heteroatoms. The van der Waals surface area contributed by atoms with Crippen LogP contribution in [0.5, 0.6) is 5.75 Å². The highest BCUT2D eigenvalue weighted by atomic mass is 32.2. The molecule has 1 aromatic heterocycles. The van der Waals surface area contributed by atoms with Gasteiger partial charge in [-0.25, -0.2) is 4.98 Å². The maximum absolute atomic E-state index is 12.1. The molecule has 0 saturated carbocycles. The first kappa shape index (κ1) is 16.5. The van der Waals surface area contributed by atoms with E-state index < -0.39 is 0 Å². The summed E-state index contributed by atoms with van der Waals surface area (Å²) in [6.45, 7) is 1.88. The number of nitrogens with one attached hydrogen (secondary N) is 1. The van der Waals surface area contributed by atoms with Crippen LogP contribution >= 0.6 is 23.1 Å². The monoisotopic (exact) mass is 356 g/mol. The van der Waals surface area contributed by atoms with Crippen LogP contribution in [0.25, 0.3) is 0 Å². The van der Waals surface area contributed by atoms with Crippen molar-refractivity contribution in [1.82, 2.24) is 4.98 Å². The maximum Gasteiger partial charge on any atom is 0.275 e. The lowest BCUT2D eigenvalue weighted by atomic mass is 10.3. The number of anilines is 1. The third-order valence-electron chi connectivity index (χ3n) is 3.26. The minimum absolute atomic E-state index is 0.185. The van der Waals surface area contributed by atoms with E-state index in [0.29, 0.717) is 5.69 Å². The third kappa shape index (κ3) is 4.15. The van der Waals surface area contributed by atoms with Crippen LogP contribution in [0.3, 0.4) is 0 Å². The van der Waals surface area contributed by atoms with Crippen LogP contribution in [0.15, 0.2) is 63.7 Å². The smallest absolute Gasteiger partial charge is 0.275 e. The molecule has 2 aromatic carbocycles. The summed E-state index contributed by atoms with van der Waals surface area (Å²) < 4.78 is 5.16. The number of thiazole rings is 1. The molecule has 24 heavy (non-hydrogen) atoms. The largest absolute Gasteiger partial charge is 0.497 e. The number of carbonyl (C=O) groups excluding carboxylic acids is 1. The maximum atomic E-state index is 12.1. The van der Waals surface area contributed by atoms with Gasteiger partial charge in [0.2, 0.25) is 0 Å². The van der Waals surface area contributed by atoms with Gasteiger partial charge in [0, 0.05) is 20.9 Å². The number of rotatable bonds is 5. The van der Waals surface area contributed by atoms with Crippen LogP contribution in [-0.4, -0.2) is 18.0 Å². The SMILES string of the molecule is COc1ccc(Sc2ccc(NC(=O)c3csc(C)n3)cc2)cc1. The Bertz CT molecular complexity index is 827. The minimum Gasteiger partial charge on any atom is -0.497 e. The summed E-state index contributed by atoms with van der Waals surface area (Å²) in [4.78, 5) is 18.5. The van der Waals surface area contributed by atoms with E-state index in [4.69, 9.17) is 4.74 Å². The van der Waals surface area contributed by atoms with Crippen LogP contribution in [0, 0.1) is 6.92 Å². The quantitative estimate of drug-likeness (QED) is 0.709. The van der Waals surface area contributed by atoms with Crippen LogP contribution in [-0.2, 0) is 0 Å². The molecule has 0 saturated heterocycles. The molecule has 3 aromatic rings. The van der Waals surface area contributed by atoms with Gasteiger partial charge in [0.15, 0.2) is 0 Å². The highest BCUT2D eigenvalue weighted by Crippen LogP contribution is 2.29. The van der Waals surface area contributed by atoms with Crippen LogP contribution in [0.4, 0.5) is 5.69 Å². The van der Waals surface area contributed by atoms with Gasteiger partial charge in [0.1, 0.15) is 11.4 Å². The number of benzene rings is 2. The molecule has 0 spiro atoms. The van der Waals surface area contributed by atoms with Gasteiger partial charge in [-0.15, -0.1) is 11.3 Å². The van der Waals surface area contributed by atoms with E-state index in [2.05, 4.69) is 10.3 Å². The molecule has 0 aliphatic rings. The summed E-state index contributed by atoms with van der Waals surface area (Å²) in [7, 11) is 1.65. The zero-order valence-electron chi connectivity index (χ0n) is 13.3. The fourth-order valence-corrected chi connectivity index (χ4v) is 3.46. The molecule has 0 aliphatic heterocycles. The number of methoxy groups -OCH3 is 1. The van der Waals surface area contributed by atoms with Crippen molar-refractivity contribution in [1.29, 1.82) is 0 Å². The van der Waals surface area contributed by atoms with E-state index in [0.717, 1.165) is 26.2 Å². The Hall–Kier alpha value is -2.31. The summed E-state index contributed by atoms with van der Waals surface area (Å²) in [5.74, 6) is 0.657. The van der Waals surface area contributed by atoms with Crippen LogP contribution in [0.2, 0.25) is 0 Å². The first-order valence-electron chi connectivity index (χ1n) is 7.29. The normalized spacial score (nSPS) is 10.4. The lowest BCUT2D eigenvalue weighted by molar-refractivity contribution is 0.102. The van der Waals surface area contributed by atoms with Gasteiger partial charge in [-0.3, -0.25) is 4.79 Å². The number of ether oxygens (including phenoxy) is 1. The highest BCUT2D eigenvalue weighted by molar-refractivity contribution is 7.99. The number of aryl methyl sites for hydroxylation is 1. The molecule has 0 atom stereocenters. The molecular weight excluding hydrogens is 340 g/mol. The van der Waals surface area contributed by atoms with Crippen molar-refractivity contribution in [3.63, 3.8) is 0 Å². The van der Waals surface area contributed by atoms with Crippen LogP contribution < -0.4 is 10.1 Å². The van der Waals surface area contributed by atoms with E-state index in [1.165, 1.54) is 11.3 Å². The molecule has 1 amide bonds. The first-order valence-corrected chi connectivity index (χ1v) is 8.99. The molecule has 122 valence electrons. The summed E-state index contributed by atoms with van der Waals surface area (Å²) in [6.07, 6.45) is 0. The van der Waals surface area contributed by atoms with Gasteiger partial charge in [-0.1, -0.05) is 11.8 Å². The minimum atomic E-state index is -0.185. The fourth-order valence-electron chi connectivity index (χ4n) is 2.05. The molecule has 0 aliphatic carbocycles. The lowest BCUT2D eigenvalue weighted by Gasteiger charge is -2.06. The van der Waals surface area contributed by atoms with E-state index in [1.54, 1.807) is 24.3 Å². The Balaban J connectivity index is 1.63. The van der Waals surface area contributed by atoms with Crippen LogP contribution in [0.1, 0.15) is 15.5 Å². The zero-order valence-corrected chi connectivity index (χ0v) is 14.9. The Morgan fingerprint density at radius 1 is 1.08 bits per heavy atom. The Kier molecular flexibility index (Phi) is 5.17. The summed E-state index contributed by atoms with van der Waals surface area (Å²) in [5.41, 5.74) is 1.21. The van der Waals surface area contributed by atoms with Gasteiger partial charge in [-0.2, -0.15) is 0 Å². The molecule has 1 heterocycles. The number of hydrogen-bond acceptors (Lipinski definition) is 5. The van der Waals surface area contributed by atoms with Gasteiger partial charge in [-0.05, 0) is 55.5 Å². The number of carbonyl (C=O) groups is 1.